The zero-order valence-corrected chi connectivity index (χ0v) is 16.3. The largest absolute Gasteiger partial charge is 0.368 e. The van der Waals surface area contributed by atoms with Gasteiger partial charge in [0.25, 0.3) is 0 Å². The second-order valence-corrected chi connectivity index (χ2v) is 7.64. The van der Waals surface area contributed by atoms with Gasteiger partial charge in [0, 0.05) is 38.9 Å². The monoisotopic (exact) mass is 382 g/mol. The van der Waals surface area contributed by atoms with Crippen molar-refractivity contribution in [2.45, 2.75) is 11.9 Å². The Morgan fingerprint density at radius 1 is 1.19 bits per heavy atom. The Morgan fingerprint density at radius 3 is 2.78 bits per heavy atom. The number of thioether (sulfide) groups is 1. The zero-order chi connectivity index (χ0) is 18.8. The van der Waals surface area contributed by atoms with Gasteiger partial charge in [-0.2, -0.15) is 5.10 Å². The number of carbonyl (C=O) groups excluding carboxylic acids is 1. The number of rotatable bonds is 4. The number of fused-ring (bicyclic) bond motifs is 1. The van der Waals surface area contributed by atoms with Gasteiger partial charge in [-0.15, -0.1) is 0 Å². The molecule has 0 unspecified atom stereocenters. The summed E-state index contributed by atoms with van der Waals surface area (Å²) in [4.78, 5) is 25.5. The molecule has 0 aliphatic carbocycles. The predicted molar refractivity (Wildman–Crippen MR) is 107 cm³/mol. The van der Waals surface area contributed by atoms with Crippen molar-refractivity contribution in [1.29, 1.82) is 0 Å². The molecule has 1 amide bonds. The zero-order valence-electron chi connectivity index (χ0n) is 15.5. The Bertz CT molecular complexity index is 964. The fourth-order valence-corrected chi connectivity index (χ4v) is 4.18. The van der Waals surface area contributed by atoms with Crippen LogP contribution in [0.25, 0.3) is 11.0 Å². The van der Waals surface area contributed by atoms with E-state index in [0.29, 0.717) is 5.75 Å². The second-order valence-electron chi connectivity index (χ2n) is 6.68. The smallest absolute Gasteiger partial charge is 0.233 e. The van der Waals surface area contributed by atoms with Crippen molar-refractivity contribution in [1.82, 2.24) is 24.6 Å². The van der Waals surface area contributed by atoms with Crippen molar-refractivity contribution in [3.8, 4) is 0 Å². The number of hydrogen-bond acceptors (Lipinski definition) is 6. The van der Waals surface area contributed by atoms with E-state index in [-0.39, 0.29) is 5.91 Å². The summed E-state index contributed by atoms with van der Waals surface area (Å²) < 4.78 is 1.72. The van der Waals surface area contributed by atoms with Crippen molar-refractivity contribution >= 4 is 34.4 Å². The van der Waals surface area contributed by atoms with E-state index < -0.39 is 0 Å². The molecule has 1 aliphatic heterocycles. The van der Waals surface area contributed by atoms with Crippen molar-refractivity contribution in [3.05, 3.63) is 42.4 Å². The first-order chi connectivity index (χ1) is 13.1. The fourth-order valence-electron chi connectivity index (χ4n) is 3.32. The van der Waals surface area contributed by atoms with Crippen LogP contribution in [-0.4, -0.2) is 62.5 Å². The van der Waals surface area contributed by atoms with Crippen molar-refractivity contribution in [2.75, 3.05) is 36.8 Å². The summed E-state index contributed by atoms with van der Waals surface area (Å²) >= 11 is 1.45. The molecule has 0 atom stereocenters. The predicted octanol–water partition coefficient (Wildman–Crippen LogP) is 2.11. The quantitative estimate of drug-likeness (QED) is 0.509. The van der Waals surface area contributed by atoms with E-state index in [9.17, 15) is 4.79 Å². The van der Waals surface area contributed by atoms with E-state index in [0.717, 1.165) is 42.2 Å². The van der Waals surface area contributed by atoms with E-state index in [1.807, 2.05) is 11.9 Å². The second kappa shape index (κ2) is 7.56. The molecule has 1 aliphatic rings. The first kappa shape index (κ1) is 17.8. The number of anilines is 1. The molecule has 0 saturated carbocycles. The molecule has 1 fully saturated rings. The molecule has 8 heteroatoms. The van der Waals surface area contributed by atoms with E-state index >= 15 is 0 Å². The lowest BCUT2D eigenvalue weighted by atomic mass is 10.2. The van der Waals surface area contributed by atoms with Crippen LogP contribution in [0, 0.1) is 6.92 Å². The number of aromatic nitrogens is 4. The first-order valence-electron chi connectivity index (χ1n) is 8.97. The Morgan fingerprint density at radius 2 is 2.00 bits per heavy atom. The molecule has 0 bridgehead atoms. The Kier molecular flexibility index (Phi) is 4.98. The van der Waals surface area contributed by atoms with E-state index in [2.05, 4.69) is 51.2 Å². The first-order valence-corrected chi connectivity index (χ1v) is 9.95. The molecular formula is C19H22N6OS. The van der Waals surface area contributed by atoms with Crippen molar-refractivity contribution in [2.24, 2.45) is 7.05 Å². The van der Waals surface area contributed by atoms with Crippen LogP contribution >= 0.6 is 11.8 Å². The third kappa shape index (κ3) is 3.75. The summed E-state index contributed by atoms with van der Waals surface area (Å²) in [6.45, 7) is 5.33. The minimum Gasteiger partial charge on any atom is -0.368 e. The average molecular weight is 382 g/mol. The molecule has 0 spiro atoms. The highest BCUT2D eigenvalue weighted by atomic mass is 32.2. The Labute approximate surface area is 162 Å². The number of hydrogen-bond donors (Lipinski definition) is 0. The van der Waals surface area contributed by atoms with Gasteiger partial charge in [0.05, 0.1) is 17.3 Å². The van der Waals surface area contributed by atoms with E-state index in [4.69, 9.17) is 0 Å². The minimum atomic E-state index is 0.152. The van der Waals surface area contributed by atoms with Crippen LogP contribution in [0.2, 0.25) is 0 Å². The van der Waals surface area contributed by atoms with Crippen molar-refractivity contribution < 1.29 is 4.79 Å². The molecule has 3 heterocycles. The molecule has 27 heavy (non-hydrogen) atoms. The van der Waals surface area contributed by atoms with Crippen molar-refractivity contribution in [3.63, 3.8) is 0 Å². The molecular weight excluding hydrogens is 360 g/mol. The summed E-state index contributed by atoms with van der Waals surface area (Å²) in [5, 5.41) is 5.91. The third-order valence-electron chi connectivity index (χ3n) is 4.82. The van der Waals surface area contributed by atoms with E-state index in [1.54, 1.807) is 10.9 Å². The molecule has 2 aromatic heterocycles. The van der Waals surface area contributed by atoms with Crippen LogP contribution < -0.4 is 4.90 Å². The highest BCUT2D eigenvalue weighted by Crippen LogP contribution is 2.24. The topological polar surface area (TPSA) is 67.2 Å². The SMILES string of the molecule is Cc1cccc(N2CCN(C(=O)CSc3ncnc4c3cnn4C)CC2)c1. The van der Waals surface area contributed by atoms with E-state index in [1.165, 1.54) is 29.3 Å². The van der Waals surface area contributed by atoms with Gasteiger partial charge >= 0.3 is 0 Å². The molecule has 3 aromatic rings. The Balaban J connectivity index is 1.34. The lowest BCUT2D eigenvalue weighted by Crippen LogP contribution is -2.49. The maximum absolute atomic E-state index is 12.6. The molecule has 4 rings (SSSR count). The summed E-state index contributed by atoms with van der Waals surface area (Å²) in [5.74, 6) is 0.533. The van der Waals surface area contributed by atoms with Crippen LogP contribution in [0.4, 0.5) is 5.69 Å². The highest BCUT2D eigenvalue weighted by molar-refractivity contribution is 8.00. The van der Waals surface area contributed by atoms with Crippen LogP contribution in [0.3, 0.4) is 0 Å². The number of nitrogens with zero attached hydrogens (tertiary/aromatic N) is 6. The maximum atomic E-state index is 12.6. The fraction of sp³-hybridized carbons (Fsp3) is 0.368. The van der Waals surface area contributed by atoms with Gasteiger partial charge in [0.2, 0.25) is 5.91 Å². The molecule has 0 N–H and O–H groups in total. The third-order valence-corrected chi connectivity index (χ3v) is 5.81. The van der Waals surface area contributed by atoms with Gasteiger partial charge < -0.3 is 9.80 Å². The summed E-state index contributed by atoms with van der Waals surface area (Å²) in [6.07, 6.45) is 3.28. The van der Waals surface area contributed by atoms with Gasteiger partial charge in [0.1, 0.15) is 11.4 Å². The van der Waals surface area contributed by atoms with Gasteiger partial charge in [-0.25, -0.2) is 9.97 Å². The standard InChI is InChI=1S/C19H22N6OS/c1-14-4-3-5-15(10-14)24-6-8-25(9-7-24)17(26)12-27-19-16-11-22-23(2)18(16)20-13-21-19/h3-5,10-11,13H,6-9,12H2,1-2H3. The summed E-state index contributed by atoms with van der Waals surface area (Å²) in [6, 6.07) is 8.52. The maximum Gasteiger partial charge on any atom is 0.233 e. The average Bonchev–Trinajstić information content (AvgIpc) is 3.08. The Hall–Kier alpha value is -2.61. The number of piperazine rings is 1. The summed E-state index contributed by atoms with van der Waals surface area (Å²) in [7, 11) is 1.85. The normalized spacial score (nSPS) is 14.7. The van der Waals surface area contributed by atoms with Crippen LogP contribution in [-0.2, 0) is 11.8 Å². The molecule has 1 saturated heterocycles. The number of aryl methyl sites for hydroxylation is 2. The van der Waals surface area contributed by atoms with Crippen LogP contribution in [0.1, 0.15) is 5.56 Å². The molecule has 140 valence electrons. The number of amides is 1. The van der Waals surface area contributed by atoms with Gasteiger partial charge in [-0.1, -0.05) is 23.9 Å². The number of benzene rings is 1. The molecule has 1 aromatic carbocycles. The summed E-state index contributed by atoms with van der Waals surface area (Å²) in [5.41, 5.74) is 3.28. The lowest BCUT2D eigenvalue weighted by molar-refractivity contribution is -0.128. The van der Waals surface area contributed by atoms with Gasteiger partial charge in [0.15, 0.2) is 5.65 Å². The molecule has 7 nitrogen and oxygen atoms in total. The minimum absolute atomic E-state index is 0.152. The van der Waals surface area contributed by atoms with Crippen LogP contribution in [0.15, 0.2) is 41.8 Å². The lowest BCUT2D eigenvalue weighted by Gasteiger charge is -2.36. The highest BCUT2D eigenvalue weighted by Gasteiger charge is 2.22. The number of carbonyl (C=O) groups is 1. The van der Waals surface area contributed by atoms with Gasteiger partial charge in [-0.05, 0) is 24.6 Å². The van der Waals surface area contributed by atoms with Crippen LogP contribution in [0.5, 0.6) is 0 Å². The van der Waals surface area contributed by atoms with Gasteiger partial charge in [-0.3, -0.25) is 9.48 Å². The molecule has 0 radical (unpaired) electrons.